The highest BCUT2D eigenvalue weighted by Crippen LogP contribution is 2.26. The highest BCUT2D eigenvalue weighted by atomic mass is 79.9. The number of esters is 1. The molecule has 3 amide bonds. The number of ether oxygens (including phenoxy) is 1. The first-order valence-electron chi connectivity index (χ1n) is 8.32. The van der Waals surface area contributed by atoms with E-state index in [2.05, 4.69) is 26.2 Å². The lowest BCUT2D eigenvalue weighted by atomic mass is 10.0. The van der Waals surface area contributed by atoms with Crippen LogP contribution >= 0.6 is 15.9 Å². The smallest absolute Gasteiger partial charge is 0.339 e. The molecule has 0 aliphatic heterocycles. The second-order valence-electron chi connectivity index (χ2n) is 5.78. The van der Waals surface area contributed by atoms with Crippen molar-refractivity contribution in [3.05, 3.63) is 64.6 Å². The van der Waals surface area contributed by atoms with Gasteiger partial charge in [-0.15, -0.1) is 0 Å². The van der Waals surface area contributed by atoms with E-state index in [9.17, 15) is 14.4 Å². The Morgan fingerprint density at radius 3 is 2.50 bits per heavy atom. The molecule has 0 saturated heterocycles. The van der Waals surface area contributed by atoms with E-state index >= 15 is 0 Å². The van der Waals surface area contributed by atoms with Crippen LogP contribution in [-0.2, 0) is 9.53 Å². The van der Waals surface area contributed by atoms with Gasteiger partial charge in [0.1, 0.15) is 0 Å². The number of fused-ring (bicyclic) bond motifs is 1. The first-order chi connectivity index (χ1) is 13.5. The average Bonchev–Trinajstić information content (AvgIpc) is 2.71. The Morgan fingerprint density at radius 1 is 1.07 bits per heavy atom. The minimum absolute atomic E-state index is 0.288. The van der Waals surface area contributed by atoms with Crippen molar-refractivity contribution < 1.29 is 19.1 Å². The largest absolute Gasteiger partial charge is 0.452 e. The third-order valence-electron chi connectivity index (χ3n) is 3.89. The Bertz CT molecular complexity index is 1050. The summed E-state index contributed by atoms with van der Waals surface area (Å²) in [5.41, 5.74) is 2.36. The van der Waals surface area contributed by atoms with Crippen molar-refractivity contribution in [3.8, 4) is 11.3 Å². The summed E-state index contributed by atoms with van der Waals surface area (Å²) in [6, 6.07) is 15.7. The molecule has 1 aromatic heterocycles. The summed E-state index contributed by atoms with van der Waals surface area (Å²) in [4.78, 5) is 40.0. The molecule has 1 heterocycles. The summed E-state index contributed by atoms with van der Waals surface area (Å²) in [5.74, 6) is -1.40. The fourth-order valence-electron chi connectivity index (χ4n) is 2.55. The number of carbonyl (C=O) groups is 3. The number of nitrogens with one attached hydrogen (secondary N) is 2. The first kappa shape index (κ1) is 19.5. The number of halogens is 1. The van der Waals surface area contributed by atoms with Gasteiger partial charge in [0.05, 0.1) is 16.8 Å². The van der Waals surface area contributed by atoms with E-state index < -0.39 is 24.5 Å². The van der Waals surface area contributed by atoms with E-state index in [0.29, 0.717) is 16.6 Å². The predicted molar refractivity (Wildman–Crippen MR) is 108 cm³/mol. The molecule has 3 aromatic rings. The summed E-state index contributed by atoms with van der Waals surface area (Å²) in [7, 11) is 1.38. The van der Waals surface area contributed by atoms with Crippen LogP contribution in [0.25, 0.3) is 22.2 Å². The van der Waals surface area contributed by atoms with Crippen molar-refractivity contribution in [1.29, 1.82) is 0 Å². The van der Waals surface area contributed by atoms with Gasteiger partial charge in [0, 0.05) is 22.5 Å². The lowest BCUT2D eigenvalue weighted by Crippen LogP contribution is -2.39. The number of para-hydroxylation sites is 1. The van der Waals surface area contributed by atoms with E-state index in [1.165, 1.54) is 7.05 Å². The van der Waals surface area contributed by atoms with E-state index in [-0.39, 0.29) is 5.56 Å². The second-order valence-corrected chi connectivity index (χ2v) is 6.70. The van der Waals surface area contributed by atoms with E-state index in [0.717, 1.165) is 10.0 Å². The van der Waals surface area contributed by atoms with Crippen molar-refractivity contribution in [2.75, 3.05) is 13.7 Å². The monoisotopic (exact) mass is 441 g/mol. The molecule has 7 nitrogen and oxygen atoms in total. The number of aromatic nitrogens is 1. The lowest BCUT2D eigenvalue weighted by Gasteiger charge is -2.10. The zero-order valence-corrected chi connectivity index (χ0v) is 16.4. The number of benzene rings is 2. The summed E-state index contributed by atoms with van der Waals surface area (Å²) >= 11 is 3.39. The molecule has 0 spiro atoms. The van der Waals surface area contributed by atoms with Crippen LogP contribution in [0.3, 0.4) is 0 Å². The Labute approximate surface area is 169 Å². The molecule has 0 atom stereocenters. The van der Waals surface area contributed by atoms with Gasteiger partial charge in [0.25, 0.3) is 5.91 Å². The number of urea groups is 1. The fourth-order valence-corrected chi connectivity index (χ4v) is 2.81. The van der Waals surface area contributed by atoms with Gasteiger partial charge < -0.3 is 10.1 Å². The molecule has 8 heteroatoms. The van der Waals surface area contributed by atoms with Gasteiger partial charge >= 0.3 is 12.0 Å². The maximum Gasteiger partial charge on any atom is 0.339 e. The van der Waals surface area contributed by atoms with Crippen LogP contribution in [0.4, 0.5) is 4.79 Å². The Hall–Kier alpha value is -3.26. The number of amides is 3. The number of imide groups is 1. The molecule has 0 aliphatic rings. The number of rotatable bonds is 4. The molecule has 0 fully saturated rings. The number of nitrogens with zero attached hydrogens (tertiary/aromatic N) is 1. The molecule has 0 unspecified atom stereocenters. The Kier molecular flexibility index (Phi) is 6.00. The maximum absolute atomic E-state index is 12.6. The van der Waals surface area contributed by atoms with Gasteiger partial charge in [-0.1, -0.05) is 46.3 Å². The van der Waals surface area contributed by atoms with Gasteiger partial charge in [0.15, 0.2) is 6.61 Å². The summed E-state index contributed by atoms with van der Waals surface area (Å²) in [6.07, 6.45) is 0. The fraction of sp³-hybridized carbons (Fsp3) is 0.100. The van der Waals surface area contributed by atoms with E-state index in [4.69, 9.17) is 4.74 Å². The van der Waals surface area contributed by atoms with Crippen LogP contribution in [-0.4, -0.2) is 36.5 Å². The molecule has 0 saturated carbocycles. The molecule has 0 bridgehead atoms. The zero-order chi connectivity index (χ0) is 20.1. The average molecular weight is 442 g/mol. The highest BCUT2D eigenvalue weighted by Gasteiger charge is 2.17. The minimum Gasteiger partial charge on any atom is -0.452 e. The first-order valence-corrected chi connectivity index (χ1v) is 9.11. The van der Waals surface area contributed by atoms with Crippen molar-refractivity contribution in [1.82, 2.24) is 15.6 Å². The minimum atomic E-state index is -0.723. The van der Waals surface area contributed by atoms with Crippen LogP contribution in [0.2, 0.25) is 0 Å². The van der Waals surface area contributed by atoms with Crippen LogP contribution in [0.1, 0.15) is 10.4 Å². The second kappa shape index (κ2) is 8.62. The van der Waals surface area contributed by atoms with Crippen molar-refractivity contribution in [2.45, 2.75) is 0 Å². The Morgan fingerprint density at radius 2 is 1.79 bits per heavy atom. The molecule has 2 N–H and O–H groups in total. The number of carbonyl (C=O) groups excluding carboxylic acids is 3. The quantitative estimate of drug-likeness (QED) is 0.605. The van der Waals surface area contributed by atoms with E-state index in [1.807, 2.05) is 35.6 Å². The predicted octanol–water partition coefficient (Wildman–Crippen LogP) is 3.28. The topological polar surface area (TPSA) is 97.4 Å². The number of hydrogen-bond acceptors (Lipinski definition) is 5. The van der Waals surface area contributed by atoms with Crippen LogP contribution in [0, 0.1) is 0 Å². The van der Waals surface area contributed by atoms with Gasteiger partial charge in [-0.25, -0.2) is 14.6 Å². The van der Waals surface area contributed by atoms with Crippen molar-refractivity contribution in [3.63, 3.8) is 0 Å². The molecular formula is C20H16BrN3O4. The van der Waals surface area contributed by atoms with Crippen LogP contribution in [0.5, 0.6) is 0 Å². The van der Waals surface area contributed by atoms with Crippen LogP contribution in [0.15, 0.2) is 59.1 Å². The third-order valence-corrected chi connectivity index (χ3v) is 4.42. The molecule has 2 aromatic carbocycles. The van der Waals surface area contributed by atoms with Crippen molar-refractivity contribution in [2.24, 2.45) is 0 Å². The van der Waals surface area contributed by atoms with Gasteiger partial charge in [-0.3, -0.25) is 10.1 Å². The van der Waals surface area contributed by atoms with Gasteiger partial charge in [-0.2, -0.15) is 0 Å². The number of hydrogen-bond donors (Lipinski definition) is 2. The molecule has 0 radical (unpaired) electrons. The van der Waals surface area contributed by atoms with Crippen molar-refractivity contribution >= 4 is 44.7 Å². The Balaban J connectivity index is 1.90. The molecular weight excluding hydrogens is 426 g/mol. The normalized spacial score (nSPS) is 10.4. The standard InChI is InChI=1S/C20H16BrN3O4/c1-22-20(27)24-18(25)11-28-19(26)15-10-17(12-6-8-13(21)9-7-12)23-16-5-3-2-4-14(15)16/h2-10H,11H2,1H3,(H2,22,24,25,27). The molecule has 0 aliphatic carbocycles. The molecule has 3 rings (SSSR count). The highest BCUT2D eigenvalue weighted by molar-refractivity contribution is 9.10. The SMILES string of the molecule is CNC(=O)NC(=O)COC(=O)c1cc(-c2ccc(Br)cc2)nc2ccccc12. The lowest BCUT2D eigenvalue weighted by molar-refractivity contribution is -0.123. The van der Waals surface area contributed by atoms with Crippen LogP contribution < -0.4 is 10.6 Å². The summed E-state index contributed by atoms with van der Waals surface area (Å²) < 4.78 is 6.02. The van der Waals surface area contributed by atoms with Gasteiger partial charge in [0.2, 0.25) is 0 Å². The van der Waals surface area contributed by atoms with Gasteiger partial charge in [-0.05, 0) is 24.3 Å². The zero-order valence-electron chi connectivity index (χ0n) is 14.9. The summed E-state index contributed by atoms with van der Waals surface area (Å²) in [6.45, 7) is -0.573. The molecule has 28 heavy (non-hydrogen) atoms. The van der Waals surface area contributed by atoms with E-state index in [1.54, 1.807) is 24.3 Å². The summed E-state index contributed by atoms with van der Waals surface area (Å²) in [5, 5.41) is 4.89. The number of pyridine rings is 1. The molecule has 142 valence electrons. The maximum atomic E-state index is 12.6. The third kappa shape index (κ3) is 4.52.